The van der Waals surface area contributed by atoms with E-state index in [9.17, 15) is 13.6 Å². The monoisotopic (exact) mass is 291 g/mol. The third-order valence-electron chi connectivity index (χ3n) is 3.16. The molecule has 0 aliphatic rings. The Labute approximate surface area is 121 Å². The van der Waals surface area contributed by atoms with Crippen LogP contribution in [0.15, 0.2) is 42.5 Å². The fraction of sp³-hybridized carbons (Fsp3) is 0.188. The van der Waals surface area contributed by atoms with Gasteiger partial charge in [-0.3, -0.25) is 0 Å². The summed E-state index contributed by atoms with van der Waals surface area (Å²) in [5, 5.41) is 12.0. The third kappa shape index (κ3) is 3.78. The van der Waals surface area contributed by atoms with Crippen LogP contribution in [0.4, 0.5) is 14.5 Å². The number of aryl methyl sites for hydroxylation is 1. The summed E-state index contributed by atoms with van der Waals surface area (Å²) in [5.41, 5.74) is 2.53. The molecule has 2 rings (SSSR count). The van der Waals surface area contributed by atoms with Gasteiger partial charge in [-0.25, -0.2) is 13.6 Å². The van der Waals surface area contributed by atoms with E-state index in [2.05, 4.69) is 5.32 Å². The summed E-state index contributed by atoms with van der Waals surface area (Å²) < 4.78 is 25.2. The van der Waals surface area contributed by atoms with Crippen LogP contribution in [0.25, 0.3) is 0 Å². The summed E-state index contributed by atoms with van der Waals surface area (Å²) in [6.45, 7) is 2.19. The Bertz CT molecular complexity index is 656. The molecule has 0 aliphatic heterocycles. The third-order valence-corrected chi connectivity index (χ3v) is 3.16. The van der Waals surface area contributed by atoms with Crippen molar-refractivity contribution in [3.63, 3.8) is 0 Å². The summed E-state index contributed by atoms with van der Waals surface area (Å²) >= 11 is 0. The van der Waals surface area contributed by atoms with E-state index >= 15 is 0 Å². The zero-order chi connectivity index (χ0) is 15.4. The first-order valence-electron chi connectivity index (χ1n) is 6.42. The van der Waals surface area contributed by atoms with Crippen molar-refractivity contribution in [1.29, 1.82) is 0 Å². The van der Waals surface area contributed by atoms with Crippen LogP contribution in [0.1, 0.15) is 33.5 Å². The fourth-order valence-corrected chi connectivity index (χ4v) is 2.03. The topological polar surface area (TPSA) is 49.3 Å². The molecule has 0 radical (unpaired) electrons. The maximum atomic E-state index is 12.6. The Morgan fingerprint density at radius 2 is 2.00 bits per heavy atom. The molecule has 110 valence electrons. The van der Waals surface area contributed by atoms with E-state index in [1.165, 1.54) is 18.2 Å². The molecule has 0 aliphatic carbocycles. The summed E-state index contributed by atoms with van der Waals surface area (Å²) in [4.78, 5) is 10.9. The lowest BCUT2D eigenvalue weighted by Crippen LogP contribution is -2.03. The Hall–Kier alpha value is -2.43. The van der Waals surface area contributed by atoms with Gasteiger partial charge in [-0.05, 0) is 42.3 Å². The minimum atomic E-state index is -2.48. The highest BCUT2D eigenvalue weighted by Gasteiger charge is 2.08. The van der Waals surface area contributed by atoms with E-state index in [0.29, 0.717) is 6.54 Å². The normalized spacial score (nSPS) is 10.7. The SMILES string of the molecule is Cc1cc(C(=O)O)ccc1NCc1cccc(C(F)F)c1. The van der Waals surface area contributed by atoms with E-state index in [0.717, 1.165) is 16.8 Å². The van der Waals surface area contributed by atoms with Crippen molar-refractivity contribution in [2.75, 3.05) is 5.32 Å². The number of carbonyl (C=O) groups is 1. The number of nitrogens with one attached hydrogen (secondary N) is 1. The number of aromatic carboxylic acids is 1. The molecule has 0 atom stereocenters. The fourth-order valence-electron chi connectivity index (χ4n) is 2.03. The maximum Gasteiger partial charge on any atom is 0.335 e. The highest BCUT2D eigenvalue weighted by Crippen LogP contribution is 2.21. The van der Waals surface area contributed by atoms with Crippen molar-refractivity contribution in [2.45, 2.75) is 19.9 Å². The first-order valence-corrected chi connectivity index (χ1v) is 6.42. The largest absolute Gasteiger partial charge is 0.478 e. The molecule has 21 heavy (non-hydrogen) atoms. The first-order chi connectivity index (χ1) is 9.97. The predicted octanol–water partition coefficient (Wildman–Crippen LogP) is 4.24. The minimum Gasteiger partial charge on any atom is -0.478 e. The van der Waals surface area contributed by atoms with E-state index in [1.807, 2.05) is 0 Å². The molecule has 0 fully saturated rings. The highest BCUT2D eigenvalue weighted by atomic mass is 19.3. The average molecular weight is 291 g/mol. The Morgan fingerprint density at radius 3 is 2.62 bits per heavy atom. The van der Waals surface area contributed by atoms with Crippen LogP contribution < -0.4 is 5.32 Å². The Kier molecular flexibility index (Phi) is 4.52. The van der Waals surface area contributed by atoms with Crippen molar-refractivity contribution < 1.29 is 18.7 Å². The van der Waals surface area contributed by atoms with E-state index < -0.39 is 12.4 Å². The number of rotatable bonds is 5. The summed E-state index contributed by atoms with van der Waals surface area (Å²) in [7, 11) is 0. The van der Waals surface area contributed by atoms with Gasteiger partial charge in [-0.15, -0.1) is 0 Å². The molecule has 0 saturated carbocycles. The number of benzene rings is 2. The number of hydrogen-bond acceptors (Lipinski definition) is 2. The van der Waals surface area contributed by atoms with Gasteiger partial charge in [0.05, 0.1) is 5.56 Å². The molecule has 2 aromatic carbocycles. The maximum absolute atomic E-state index is 12.6. The van der Waals surface area contributed by atoms with Crippen LogP contribution >= 0.6 is 0 Å². The number of halogens is 2. The molecule has 0 spiro atoms. The molecule has 0 saturated heterocycles. The molecular formula is C16H15F2NO2. The van der Waals surface area contributed by atoms with Gasteiger partial charge in [-0.1, -0.05) is 18.2 Å². The number of carboxylic acid groups (broad SMARTS) is 1. The van der Waals surface area contributed by atoms with Crippen LogP contribution in [0.5, 0.6) is 0 Å². The lowest BCUT2D eigenvalue weighted by molar-refractivity contribution is 0.0696. The van der Waals surface area contributed by atoms with Crippen molar-refractivity contribution in [2.24, 2.45) is 0 Å². The number of hydrogen-bond donors (Lipinski definition) is 2. The molecule has 0 unspecified atom stereocenters. The van der Waals surface area contributed by atoms with Crippen LogP contribution in [-0.4, -0.2) is 11.1 Å². The van der Waals surface area contributed by atoms with Crippen molar-refractivity contribution in [3.05, 3.63) is 64.7 Å². The second-order valence-electron chi connectivity index (χ2n) is 4.73. The van der Waals surface area contributed by atoms with Gasteiger partial charge in [0.15, 0.2) is 0 Å². The molecular weight excluding hydrogens is 276 g/mol. The number of alkyl halides is 2. The molecule has 3 nitrogen and oxygen atoms in total. The Morgan fingerprint density at radius 1 is 1.24 bits per heavy atom. The van der Waals surface area contributed by atoms with Crippen molar-refractivity contribution in [1.82, 2.24) is 0 Å². The molecule has 5 heteroatoms. The molecule has 0 bridgehead atoms. The van der Waals surface area contributed by atoms with Crippen LogP contribution in [-0.2, 0) is 6.54 Å². The predicted molar refractivity (Wildman–Crippen MR) is 76.9 cm³/mol. The van der Waals surface area contributed by atoms with Gasteiger partial charge >= 0.3 is 5.97 Å². The van der Waals surface area contributed by atoms with Gasteiger partial charge in [0.25, 0.3) is 6.43 Å². The second kappa shape index (κ2) is 6.35. The van der Waals surface area contributed by atoms with Gasteiger partial charge in [0.2, 0.25) is 0 Å². The smallest absolute Gasteiger partial charge is 0.335 e. The van der Waals surface area contributed by atoms with Crippen LogP contribution in [0.3, 0.4) is 0 Å². The average Bonchev–Trinajstić information content (AvgIpc) is 2.46. The van der Waals surface area contributed by atoms with Gasteiger partial charge in [-0.2, -0.15) is 0 Å². The van der Waals surface area contributed by atoms with Gasteiger partial charge in [0.1, 0.15) is 0 Å². The van der Waals surface area contributed by atoms with Crippen molar-refractivity contribution in [3.8, 4) is 0 Å². The molecule has 0 aromatic heterocycles. The summed E-state index contributed by atoms with van der Waals surface area (Å²) in [6.07, 6.45) is -2.48. The Balaban J connectivity index is 2.09. The van der Waals surface area contributed by atoms with Gasteiger partial charge < -0.3 is 10.4 Å². The second-order valence-corrected chi connectivity index (χ2v) is 4.73. The van der Waals surface area contributed by atoms with Crippen LogP contribution in [0.2, 0.25) is 0 Å². The molecule has 0 heterocycles. The highest BCUT2D eigenvalue weighted by molar-refractivity contribution is 5.88. The van der Waals surface area contributed by atoms with Crippen molar-refractivity contribution >= 4 is 11.7 Å². The lowest BCUT2D eigenvalue weighted by Gasteiger charge is -2.11. The number of anilines is 1. The quantitative estimate of drug-likeness (QED) is 0.866. The minimum absolute atomic E-state index is 0.00718. The van der Waals surface area contributed by atoms with E-state index in [4.69, 9.17) is 5.11 Å². The zero-order valence-corrected chi connectivity index (χ0v) is 11.4. The van der Waals surface area contributed by atoms with E-state index in [1.54, 1.807) is 31.2 Å². The van der Waals surface area contributed by atoms with E-state index in [-0.39, 0.29) is 11.1 Å². The zero-order valence-electron chi connectivity index (χ0n) is 11.4. The standard InChI is InChI=1S/C16H15F2NO2/c1-10-7-13(16(20)21)5-6-14(10)19-9-11-3-2-4-12(8-11)15(17)18/h2-8,15,19H,9H2,1H3,(H,20,21). The van der Waals surface area contributed by atoms with Gasteiger partial charge in [0, 0.05) is 17.8 Å². The van der Waals surface area contributed by atoms with Crippen LogP contribution in [0, 0.1) is 6.92 Å². The summed E-state index contributed by atoms with van der Waals surface area (Å²) in [5.74, 6) is -0.978. The number of carboxylic acids is 1. The molecule has 0 amide bonds. The first kappa shape index (κ1) is 15.0. The molecule has 2 N–H and O–H groups in total. The summed E-state index contributed by atoms with van der Waals surface area (Å²) in [6, 6.07) is 11.0. The molecule has 2 aromatic rings. The lowest BCUT2D eigenvalue weighted by atomic mass is 10.1.